The molecule has 0 bridgehead atoms. The summed E-state index contributed by atoms with van der Waals surface area (Å²) in [6.45, 7) is 1.07. The molecule has 0 aliphatic carbocycles. The smallest absolute Gasteiger partial charge is 0.269 e. The second-order valence-electron chi connectivity index (χ2n) is 7.67. The Morgan fingerprint density at radius 1 is 1.26 bits per heavy atom. The molecule has 174 valence electrons. The van der Waals surface area contributed by atoms with Gasteiger partial charge in [0.15, 0.2) is 0 Å². The molecular formula is C23H17Cl2N3O4S2. The highest BCUT2D eigenvalue weighted by Crippen LogP contribution is 2.36. The van der Waals surface area contributed by atoms with E-state index in [1.54, 1.807) is 36.5 Å². The van der Waals surface area contributed by atoms with Crippen LogP contribution in [0.4, 0.5) is 0 Å². The number of rotatable bonds is 5. The van der Waals surface area contributed by atoms with Crippen LogP contribution in [0.25, 0.3) is 11.7 Å². The SMILES string of the molecule is O=C1/C(=C\c2c(Oc3ccc(Cl)cc3Cl)nc3ccccn3c2=O)SC(=S)N1CC1CCCO1. The first-order valence-corrected chi connectivity index (χ1v) is 12.4. The van der Waals surface area contributed by atoms with Crippen LogP contribution in [0, 0.1) is 0 Å². The molecule has 1 aromatic carbocycles. The third-order valence-corrected chi connectivity index (χ3v) is 7.30. The molecule has 7 nitrogen and oxygen atoms in total. The summed E-state index contributed by atoms with van der Waals surface area (Å²) in [4.78, 5) is 32.8. The molecule has 3 aromatic rings. The molecular weight excluding hydrogens is 517 g/mol. The number of aromatic nitrogens is 2. The van der Waals surface area contributed by atoms with E-state index in [-0.39, 0.29) is 34.2 Å². The fourth-order valence-electron chi connectivity index (χ4n) is 3.73. The number of fused-ring (bicyclic) bond motifs is 1. The van der Waals surface area contributed by atoms with E-state index in [1.165, 1.54) is 21.4 Å². The Morgan fingerprint density at radius 2 is 2.12 bits per heavy atom. The van der Waals surface area contributed by atoms with Gasteiger partial charge < -0.3 is 9.47 Å². The molecule has 0 spiro atoms. The Labute approximate surface area is 214 Å². The Morgan fingerprint density at radius 3 is 2.88 bits per heavy atom. The number of hydrogen-bond acceptors (Lipinski definition) is 7. The molecule has 4 heterocycles. The van der Waals surface area contributed by atoms with Gasteiger partial charge in [-0.2, -0.15) is 4.98 Å². The summed E-state index contributed by atoms with van der Waals surface area (Å²) in [6.07, 6.45) is 4.88. The summed E-state index contributed by atoms with van der Waals surface area (Å²) < 4.78 is 13.4. The van der Waals surface area contributed by atoms with Gasteiger partial charge in [-0.15, -0.1) is 0 Å². The first-order valence-electron chi connectivity index (χ1n) is 10.4. The standard InChI is InChI=1S/C23H17Cl2N3O4S2/c24-13-6-7-17(16(25)10-13)32-20-15(21(29)27-8-2-1-5-19(27)26-20)11-18-22(30)28(23(33)34-18)12-14-4-3-9-31-14/h1-2,5-8,10-11,14H,3-4,9,12H2/b18-11+. The van der Waals surface area contributed by atoms with Crippen LogP contribution in [0.15, 0.2) is 52.3 Å². The predicted octanol–water partition coefficient (Wildman–Crippen LogP) is 5.17. The maximum absolute atomic E-state index is 13.4. The van der Waals surface area contributed by atoms with Crippen LogP contribution in [-0.2, 0) is 9.53 Å². The van der Waals surface area contributed by atoms with Crippen molar-refractivity contribution < 1.29 is 14.3 Å². The lowest BCUT2D eigenvalue weighted by Crippen LogP contribution is -2.35. The van der Waals surface area contributed by atoms with E-state index in [1.807, 2.05) is 0 Å². The van der Waals surface area contributed by atoms with Crippen molar-refractivity contribution in [2.45, 2.75) is 18.9 Å². The Balaban J connectivity index is 1.56. The quantitative estimate of drug-likeness (QED) is 0.330. The number of carbonyl (C=O) groups excluding carboxylic acids is 1. The molecule has 2 aliphatic heterocycles. The van der Waals surface area contributed by atoms with Crippen molar-refractivity contribution >= 4 is 69.1 Å². The van der Waals surface area contributed by atoms with E-state index < -0.39 is 5.56 Å². The minimum atomic E-state index is -0.393. The molecule has 2 aromatic heterocycles. The number of thioether (sulfide) groups is 1. The highest BCUT2D eigenvalue weighted by molar-refractivity contribution is 8.26. The van der Waals surface area contributed by atoms with Gasteiger partial charge in [0.2, 0.25) is 5.88 Å². The summed E-state index contributed by atoms with van der Waals surface area (Å²) in [5, 5.41) is 0.704. The second kappa shape index (κ2) is 9.67. The maximum Gasteiger partial charge on any atom is 0.269 e. The fraction of sp³-hybridized carbons (Fsp3) is 0.217. The minimum absolute atomic E-state index is 0.0183. The summed E-state index contributed by atoms with van der Waals surface area (Å²) in [7, 11) is 0. The van der Waals surface area contributed by atoms with Gasteiger partial charge in [0, 0.05) is 17.8 Å². The van der Waals surface area contributed by atoms with Crippen molar-refractivity contribution in [2.75, 3.05) is 13.2 Å². The number of benzene rings is 1. The summed E-state index contributed by atoms with van der Waals surface area (Å²) in [5.41, 5.74) is 0.0954. The first kappa shape index (κ1) is 23.3. The average molecular weight is 534 g/mol. The highest BCUT2D eigenvalue weighted by atomic mass is 35.5. The van der Waals surface area contributed by atoms with Crippen LogP contribution in [0.1, 0.15) is 18.4 Å². The topological polar surface area (TPSA) is 73.1 Å². The summed E-state index contributed by atoms with van der Waals surface area (Å²) in [5.74, 6) is 0.0159. The molecule has 11 heteroatoms. The largest absolute Gasteiger partial charge is 0.437 e. The monoisotopic (exact) mass is 533 g/mol. The minimum Gasteiger partial charge on any atom is -0.437 e. The zero-order valence-electron chi connectivity index (χ0n) is 17.6. The van der Waals surface area contributed by atoms with Gasteiger partial charge in [-0.1, -0.05) is 53.2 Å². The van der Waals surface area contributed by atoms with Gasteiger partial charge in [0.05, 0.1) is 22.6 Å². The van der Waals surface area contributed by atoms with Crippen LogP contribution >= 0.6 is 47.2 Å². The number of carbonyl (C=O) groups is 1. The molecule has 1 atom stereocenters. The molecule has 34 heavy (non-hydrogen) atoms. The molecule has 2 aliphatic rings. The molecule has 0 saturated carbocycles. The van der Waals surface area contributed by atoms with Gasteiger partial charge in [-0.3, -0.25) is 18.9 Å². The van der Waals surface area contributed by atoms with Crippen molar-refractivity contribution in [1.29, 1.82) is 0 Å². The number of amides is 1. The molecule has 0 radical (unpaired) electrons. The number of pyridine rings is 1. The van der Waals surface area contributed by atoms with Crippen molar-refractivity contribution in [1.82, 2.24) is 14.3 Å². The van der Waals surface area contributed by atoms with Crippen LogP contribution in [0.2, 0.25) is 10.0 Å². The Kier molecular flexibility index (Phi) is 6.63. The molecule has 1 amide bonds. The lowest BCUT2D eigenvalue weighted by Gasteiger charge is -2.18. The van der Waals surface area contributed by atoms with E-state index in [0.29, 0.717) is 33.0 Å². The van der Waals surface area contributed by atoms with Gasteiger partial charge in [0.1, 0.15) is 21.3 Å². The van der Waals surface area contributed by atoms with E-state index in [4.69, 9.17) is 44.9 Å². The molecule has 2 fully saturated rings. The van der Waals surface area contributed by atoms with Crippen LogP contribution in [-0.4, -0.2) is 43.8 Å². The van der Waals surface area contributed by atoms with Crippen molar-refractivity contribution in [3.8, 4) is 11.6 Å². The fourth-order valence-corrected chi connectivity index (χ4v) is 5.43. The van der Waals surface area contributed by atoms with E-state index in [9.17, 15) is 9.59 Å². The van der Waals surface area contributed by atoms with Crippen LogP contribution in [0.3, 0.4) is 0 Å². The summed E-state index contributed by atoms with van der Waals surface area (Å²) in [6, 6.07) is 9.90. The van der Waals surface area contributed by atoms with E-state index in [2.05, 4.69) is 4.98 Å². The zero-order valence-corrected chi connectivity index (χ0v) is 20.7. The van der Waals surface area contributed by atoms with E-state index >= 15 is 0 Å². The van der Waals surface area contributed by atoms with Crippen molar-refractivity contribution in [2.24, 2.45) is 0 Å². The van der Waals surface area contributed by atoms with E-state index in [0.717, 1.165) is 24.6 Å². The Hall–Kier alpha value is -2.43. The summed E-state index contributed by atoms with van der Waals surface area (Å²) >= 11 is 18.8. The number of thiocarbonyl (C=S) groups is 1. The lowest BCUT2D eigenvalue weighted by atomic mass is 10.2. The Bertz CT molecular complexity index is 1400. The molecule has 1 unspecified atom stereocenters. The van der Waals surface area contributed by atoms with Crippen molar-refractivity contribution in [3.05, 3.63) is 73.5 Å². The maximum atomic E-state index is 13.4. The lowest BCUT2D eigenvalue weighted by molar-refractivity contribution is -0.123. The first-order chi connectivity index (χ1) is 16.4. The molecule has 0 N–H and O–H groups in total. The molecule has 2 saturated heterocycles. The number of hydrogen-bond donors (Lipinski definition) is 0. The normalized spacial score (nSPS) is 19.5. The van der Waals surface area contributed by atoms with Gasteiger partial charge in [-0.05, 0) is 49.2 Å². The van der Waals surface area contributed by atoms with Gasteiger partial charge in [-0.25, -0.2) is 0 Å². The third-order valence-electron chi connectivity index (χ3n) is 5.39. The predicted molar refractivity (Wildman–Crippen MR) is 137 cm³/mol. The van der Waals surface area contributed by atoms with Gasteiger partial charge >= 0.3 is 0 Å². The molecule has 5 rings (SSSR count). The van der Waals surface area contributed by atoms with Crippen LogP contribution in [0.5, 0.6) is 11.6 Å². The zero-order chi connectivity index (χ0) is 23.8. The van der Waals surface area contributed by atoms with Crippen LogP contribution < -0.4 is 10.3 Å². The number of halogens is 2. The highest BCUT2D eigenvalue weighted by Gasteiger charge is 2.35. The second-order valence-corrected chi connectivity index (χ2v) is 10.2. The average Bonchev–Trinajstić information content (AvgIpc) is 3.42. The van der Waals surface area contributed by atoms with Gasteiger partial charge in [0.25, 0.3) is 11.5 Å². The van der Waals surface area contributed by atoms with Crippen molar-refractivity contribution in [3.63, 3.8) is 0 Å². The number of nitrogens with zero attached hydrogens (tertiary/aromatic N) is 3. The third kappa shape index (κ3) is 4.58. The number of ether oxygens (including phenoxy) is 2.